The Kier molecular flexibility index (Phi) is 6.77. The van der Waals surface area contributed by atoms with Crippen LogP contribution < -0.4 is 5.32 Å². The molecule has 1 saturated heterocycles. The van der Waals surface area contributed by atoms with Crippen molar-refractivity contribution in [1.82, 2.24) is 10.2 Å². The van der Waals surface area contributed by atoms with Gasteiger partial charge in [-0.25, -0.2) is 0 Å². The second kappa shape index (κ2) is 8.83. The molecule has 1 aromatic heterocycles. The highest BCUT2D eigenvalue weighted by atomic mass is 16.5. The Morgan fingerprint density at radius 2 is 2.18 bits per heavy atom. The number of rotatable bonds is 6. The Bertz CT molecular complexity index is 435. The van der Waals surface area contributed by atoms with E-state index in [4.69, 9.17) is 9.15 Å². The molecule has 0 spiro atoms. The summed E-state index contributed by atoms with van der Waals surface area (Å²) >= 11 is 0. The van der Waals surface area contributed by atoms with E-state index in [0.717, 1.165) is 56.2 Å². The molecule has 0 aromatic carbocycles. The fraction of sp³-hybridized carbons (Fsp3) is 0.706. The molecule has 2 rings (SSSR count). The molecule has 1 aliphatic rings. The molecule has 124 valence electrons. The van der Waals surface area contributed by atoms with Crippen LogP contribution in [-0.2, 0) is 11.3 Å². The van der Waals surface area contributed by atoms with E-state index in [9.17, 15) is 0 Å². The summed E-state index contributed by atoms with van der Waals surface area (Å²) in [6, 6.07) is 3.81. The van der Waals surface area contributed by atoms with Gasteiger partial charge in [0, 0.05) is 33.3 Å². The number of aliphatic imine (C=N–C) groups is 1. The van der Waals surface area contributed by atoms with Gasteiger partial charge in [-0.15, -0.1) is 0 Å². The fourth-order valence-corrected chi connectivity index (χ4v) is 3.11. The summed E-state index contributed by atoms with van der Waals surface area (Å²) in [4.78, 5) is 6.79. The number of furan rings is 1. The number of piperidine rings is 1. The first-order valence-electron chi connectivity index (χ1n) is 8.24. The van der Waals surface area contributed by atoms with Crippen LogP contribution in [0.2, 0.25) is 0 Å². The number of nitrogens with zero attached hydrogens (tertiary/aromatic N) is 2. The molecule has 22 heavy (non-hydrogen) atoms. The van der Waals surface area contributed by atoms with E-state index in [0.29, 0.717) is 6.61 Å². The van der Waals surface area contributed by atoms with Gasteiger partial charge in [0.1, 0.15) is 12.4 Å². The van der Waals surface area contributed by atoms with Gasteiger partial charge in [0.05, 0.1) is 6.26 Å². The lowest BCUT2D eigenvalue weighted by Gasteiger charge is -2.37. The number of guanidine groups is 1. The summed E-state index contributed by atoms with van der Waals surface area (Å²) in [5.41, 5.74) is 0. The van der Waals surface area contributed by atoms with Crippen LogP contribution in [0.25, 0.3) is 0 Å². The van der Waals surface area contributed by atoms with Crippen molar-refractivity contribution in [3.05, 3.63) is 24.2 Å². The van der Waals surface area contributed by atoms with Crippen LogP contribution in [0.5, 0.6) is 0 Å². The number of hydrogen-bond donors (Lipinski definition) is 1. The molecule has 1 aliphatic heterocycles. The molecule has 0 radical (unpaired) electrons. The number of hydrogen-bond acceptors (Lipinski definition) is 3. The summed E-state index contributed by atoms with van der Waals surface area (Å²) in [6.07, 6.45) is 3.94. The summed E-state index contributed by atoms with van der Waals surface area (Å²) < 4.78 is 10.8. The van der Waals surface area contributed by atoms with Gasteiger partial charge >= 0.3 is 0 Å². The SMILES string of the molecule is CN=C(NCCCOCc1ccco1)N1CC(C)CC(C)C1. The third kappa shape index (κ3) is 5.37. The van der Waals surface area contributed by atoms with Crippen LogP contribution in [0.1, 0.15) is 32.4 Å². The van der Waals surface area contributed by atoms with Crippen LogP contribution in [0.3, 0.4) is 0 Å². The number of likely N-dealkylation sites (tertiary alicyclic amines) is 1. The summed E-state index contributed by atoms with van der Waals surface area (Å²) in [7, 11) is 1.86. The van der Waals surface area contributed by atoms with Crippen molar-refractivity contribution in [3.63, 3.8) is 0 Å². The molecular formula is C17H29N3O2. The Balaban J connectivity index is 1.62. The monoisotopic (exact) mass is 307 g/mol. The molecule has 1 N–H and O–H groups in total. The zero-order valence-electron chi connectivity index (χ0n) is 14.0. The normalized spacial score (nSPS) is 22.9. The first-order valence-corrected chi connectivity index (χ1v) is 8.24. The van der Waals surface area contributed by atoms with Gasteiger partial charge in [-0.2, -0.15) is 0 Å². The average Bonchev–Trinajstić information content (AvgIpc) is 2.98. The average molecular weight is 307 g/mol. The number of ether oxygens (including phenoxy) is 1. The molecule has 5 heteroatoms. The molecule has 0 bridgehead atoms. The lowest BCUT2D eigenvalue weighted by atomic mass is 9.92. The van der Waals surface area contributed by atoms with Crippen LogP contribution in [0.15, 0.2) is 27.8 Å². The van der Waals surface area contributed by atoms with E-state index < -0.39 is 0 Å². The molecule has 1 aromatic rings. The second-order valence-electron chi connectivity index (χ2n) is 6.31. The predicted molar refractivity (Wildman–Crippen MR) is 88.9 cm³/mol. The Morgan fingerprint density at radius 3 is 2.82 bits per heavy atom. The van der Waals surface area contributed by atoms with Gasteiger partial charge in [-0.1, -0.05) is 13.8 Å². The lowest BCUT2D eigenvalue weighted by Crippen LogP contribution is -2.48. The van der Waals surface area contributed by atoms with Crippen LogP contribution >= 0.6 is 0 Å². The van der Waals surface area contributed by atoms with Crippen molar-refractivity contribution in [2.45, 2.75) is 33.3 Å². The Morgan fingerprint density at radius 1 is 1.41 bits per heavy atom. The van der Waals surface area contributed by atoms with E-state index in [-0.39, 0.29) is 0 Å². The van der Waals surface area contributed by atoms with E-state index >= 15 is 0 Å². The molecule has 2 heterocycles. The molecule has 0 saturated carbocycles. The lowest BCUT2D eigenvalue weighted by molar-refractivity contribution is 0.104. The van der Waals surface area contributed by atoms with Crippen molar-refractivity contribution < 1.29 is 9.15 Å². The molecule has 0 aliphatic carbocycles. The van der Waals surface area contributed by atoms with Crippen molar-refractivity contribution in [2.75, 3.05) is 33.3 Å². The maximum Gasteiger partial charge on any atom is 0.193 e. The maximum absolute atomic E-state index is 5.59. The second-order valence-corrected chi connectivity index (χ2v) is 6.31. The first-order chi connectivity index (χ1) is 10.7. The molecule has 0 amide bonds. The third-order valence-electron chi connectivity index (χ3n) is 3.95. The first kappa shape index (κ1) is 16.9. The minimum absolute atomic E-state index is 0.545. The topological polar surface area (TPSA) is 50.0 Å². The minimum Gasteiger partial charge on any atom is -0.467 e. The van der Waals surface area contributed by atoms with Gasteiger partial charge in [0.15, 0.2) is 5.96 Å². The van der Waals surface area contributed by atoms with Crippen molar-refractivity contribution in [1.29, 1.82) is 0 Å². The van der Waals surface area contributed by atoms with E-state index in [2.05, 4.69) is 29.1 Å². The fourth-order valence-electron chi connectivity index (χ4n) is 3.11. The van der Waals surface area contributed by atoms with Gasteiger partial charge in [0.25, 0.3) is 0 Å². The highest BCUT2D eigenvalue weighted by molar-refractivity contribution is 5.79. The summed E-state index contributed by atoms with van der Waals surface area (Å²) in [5, 5.41) is 3.45. The highest BCUT2D eigenvalue weighted by Gasteiger charge is 2.23. The predicted octanol–water partition coefficient (Wildman–Crippen LogP) is 2.74. The smallest absolute Gasteiger partial charge is 0.193 e. The largest absolute Gasteiger partial charge is 0.467 e. The van der Waals surface area contributed by atoms with Crippen molar-refractivity contribution in [2.24, 2.45) is 16.8 Å². The van der Waals surface area contributed by atoms with E-state index in [1.165, 1.54) is 6.42 Å². The molecule has 2 unspecified atom stereocenters. The van der Waals surface area contributed by atoms with Crippen molar-refractivity contribution in [3.8, 4) is 0 Å². The zero-order valence-corrected chi connectivity index (χ0v) is 14.0. The molecule has 1 fully saturated rings. The standard InChI is InChI=1S/C17H29N3O2/c1-14-10-15(2)12-20(11-14)17(18-3)19-7-5-8-21-13-16-6-4-9-22-16/h4,6,9,14-15H,5,7-8,10-13H2,1-3H3,(H,18,19). The quantitative estimate of drug-likeness (QED) is 0.499. The minimum atomic E-state index is 0.545. The van der Waals surface area contributed by atoms with Crippen LogP contribution in [0.4, 0.5) is 0 Å². The summed E-state index contributed by atoms with van der Waals surface area (Å²) in [6.45, 7) is 8.97. The Hall–Kier alpha value is -1.49. The van der Waals surface area contributed by atoms with Gasteiger partial charge in [-0.3, -0.25) is 4.99 Å². The van der Waals surface area contributed by atoms with E-state index in [1.807, 2.05) is 19.2 Å². The van der Waals surface area contributed by atoms with Gasteiger partial charge in [-0.05, 0) is 36.8 Å². The number of nitrogens with one attached hydrogen (secondary N) is 1. The summed E-state index contributed by atoms with van der Waals surface area (Å²) in [5.74, 6) is 3.36. The van der Waals surface area contributed by atoms with Crippen LogP contribution in [-0.4, -0.2) is 44.1 Å². The molecular weight excluding hydrogens is 278 g/mol. The highest BCUT2D eigenvalue weighted by Crippen LogP contribution is 2.20. The Labute approximate surface area is 133 Å². The third-order valence-corrected chi connectivity index (χ3v) is 3.95. The molecule has 5 nitrogen and oxygen atoms in total. The molecule has 2 atom stereocenters. The van der Waals surface area contributed by atoms with E-state index in [1.54, 1.807) is 6.26 Å². The van der Waals surface area contributed by atoms with Crippen molar-refractivity contribution >= 4 is 5.96 Å². The van der Waals surface area contributed by atoms with Gasteiger partial charge < -0.3 is 19.4 Å². The zero-order chi connectivity index (χ0) is 15.8. The maximum atomic E-state index is 5.59. The van der Waals surface area contributed by atoms with Gasteiger partial charge in [0.2, 0.25) is 0 Å². The van der Waals surface area contributed by atoms with Crippen LogP contribution in [0, 0.1) is 11.8 Å².